The third kappa shape index (κ3) is 3.88. The Balaban J connectivity index is 1.43. The highest BCUT2D eigenvalue weighted by molar-refractivity contribution is 5.96. The van der Waals surface area contributed by atoms with Gasteiger partial charge >= 0.3 is 5.97 Å². The molecule has 2 unspecified atom stereocenters. The fourth-order valence-corrected chi connectivity index (χ4v) is 4.03. The molecule has 2 amide bonds. The minimum absolute atomic E-state index is 0.0290. The zero-order chi connectivity index (χ0) is 20.4. The van der Waals surface area contributed by atoms with E-state index >= 15 is 0 Å². The number of cyclic esters (lactones) is 1. The van der Waals surface area contributed by atoms with Crippen LogP contribution in [0.5, 0.6) is 0 Å². The predicted molar refractivity (Wildman–Crippen MR) is 107 cm³/mol. The molecule has 0 aliphatic carbocycles. The molecule has 0 radical (unpaired) electrons. The van der Waals surface area contributed by atoms with Gasteiger partial charge in [-0.3, -0.25) is 14.5 Å². The lowest BCUT2D eigenvalue weighted by molar-refractivity contribution is -0.146. The molecule has 2 aromatic carbocycles. The van der Waals surface area contributed by atoms with Crippen LogP contribution < -0.4 is 5.32 Å². The molecule has 1 saturated heterocycles. The molecule has 0 bridgehead atoms. The third-order valence-electron chi connectivity index (χ3n) is 5.57. The summed E-state index contributed by atoms with van der Waals surface area (Å²) >= 11 is 0. The molecule has 4 rings (SSSR count). The number of carbonyl (C=O) groups excluding carboxylic acids is 3. The first-order chi connectivity index (χ1) is 14.0. The molecule has 2 aromatic rings. The van der Waals surface area contributed by atoms with E-state index in [4.69, 9.17) is 4.74 Å². The van der Waals surface area contributed by atoms with Crippen LogP contribution in [0, 0.1) is 0 Å². The van der Waals surface area contributed by atoms with Crippen molar-refractivity contribution < 1.29 is 19.1 Å². The van der Waals surface area contributed by atoms with Crippen molar-refractivity contribution in [3.05, 3.63) is 71.3 Å². The molecule has 2 aliphatic heterocycles. The smallest absolute Gasteiger partial charge is 0.340 e. The average molecular weight is 392 g/mol. The van der Waals surface area contributed by atoms with E-state index in [-0.39, 0.29) is 24.3 Å². The Morgan fingerprint density at radius 2 is 1.86 bits per heavy atom. The number of hydrogen-bond donors (Lipinski definition) is 1. The molecule has 150 valence electrons. The molecule has 3 atom stereocenters. The van der Waals surface area contributed by atoms with Crippen LogP contribution >= 0.6 is 0 Å². The third-order valence-corrected chi connectivity index (χ3v) is 5.57. The highest BCUT2D eigenvalue weighted by Crippen LogP contribution is 2.38. The van der Waals surface area contributed by atoms with Gasteiger partial charge in [0.1, 0.15) is 6.04 Å². The fraction of sp³-hybridized carbons (Fsp3) is 0.348. The molecular weight excluding hydrogens is 368 g/mol. The number of rotatable bonds is 6. The second-order valence-electron chi connectivity index (χ2n) is 7.63. The summed E-state index contributed by atoms with van der Waals surface area (Å²) in [6.07, 6.45) is 1.53. The van der Waals surface area contributed by atoms with Gasteiger partial charge in [0.25, 0.3) is 0 Å². The highest BCUT2D eigenvalue weighted by atomic mass is 16.6. The van der Waals surface area contributed by atoms with E-state index in [9.17, 15) is 14.4 Å². The van der Waals surface area contributed by atoms with Crippen molar-refractivity contribution in [1.82, 2.24) is 10.2 Å². The lowest BCUT2D eigenvalue weighted by Crippen LogP contribution is -2.48. The molecule has 0 saturated carbocycles. The number of nitrogens with one attached hydrogen (secondary N) is 1. The zero-order valence-corrected chi connectivity index (χ0v) is 16.3. The van der Waals surface area contributed by atoms with Gasteiger partial charge in [0, 0.05) is 18.0 Å². The van der Waals surface area contributed by atoms with Gasteiger partial charge in [-0.25, -0.2) is 4.79 Å². The van der Waals surface area contributed by atoms with Crippen molar-refractivity contribution in [2.75, 3.05) is 0 Å². The molecular formula is C23H24N2O4. The van der Waals surface area contributed by atoms with E-state index in [1.165, 1.54) is 10.5 Å². The molecule has 1 fully saturated rings. The number of nitrogens with zero attached hydrogens (tertiary/aromatic N) is 1. The number of fused-ring (bicyclic) bond motifs is 1. The van der Waals surface area contributed by atoms with E-state index < -0.39 is 18.2 Å². The molecule has 1 N–H and O–H groups in total. The topological polar surface area (TPSA) is 75.7 Å². The fourth-order valence-electron chi connectivity index (χ4n) is 4.03. The Morgan fingerprint density at radius 3 is 2.66 bits per heavy atom. The molecule has 2 heterocycles. The summed E-state index contributed by atoms with van der Waals surface area (Å²) in [6.45, 7) is 1.97. The van der Waals surface area contributed by atoms with Crippen LogP contribution in [0.15, 0.2) is 54.6 Å². The van der Waals surface area contributed by atoms with Gasteiger partial charge in [-0.05, 0) is 37.8 Å². The predicted octanol–water partition coefficient (Wildman–Crippen LogP) is 2.98. The lowest BCUT2D eigenvalue weighted by atomic mass is 10.1. The van der Waals surface area contributed by atoms with Crippen molar-refractivity contribution in [2.45, 2.75) is 50.9 Å². The lowest BCUT2D eigenvalue weighted by Gasteiger charge is -2.30. The number of likely N-dealkylation sites (tertiary alicyclic amines) is 1. The van der Waals surface area contributed by atoms with Gasteiger partial charge in [-0.2, -0.15) is 0 Å². The average Bonchev–Trinajstić information content (AvgIpc) is 3.27. The Bertz CT molecular complexity index is 927. The summed E-state index contributed by atoms with van der Waals surface area (Å²) < 4.78 is 5.46. The monoisotopic (exact) mass is 392 g/mol. The van der Waals surface area contributed by atoms with Crippen molar-refractivity contribution >= 4 is 17.8 Å². The Hall–Kier alpha value is -3.15. The number of benzene rings is 2. The first-order valence-electron chi connectivity index (χ1n) is 10.00. The van der Waals surface area contributed by atoms with E-state index in [1.807, 2.05) is 25.1 Å². The quantitative estimate of drug-likeness (QED) is 0.767. The van der Waals surface area contributed by atoms with Gasteiger partial charge in [-0.15, -0.1) is 0 Å². The van der Waals surface area contributed by atoms with Crippen LogP contribution in [0.25, 0.3) is 0 Å². The molecule has 0 aromatic heterocycles. The van der Waals surface area contributed by atoms with Gasteiger partial charge < -0.3 is 10.1 Å². The van der Waals surface area contributed by atoms with Crippen LogP contribution in [0.3, 0.4) is 0 Å². The van der Waals surface area contributed by atoms with Gasteiger partial charge in [0.15, 0.2) is 0 Å². The maximum Gasteiger partial charge on any atom is 0.340 e. The van der Waals surface area contributed by atoms with Gasteiger partial charge in [0.2, 0.25) is 18.0 Å². The largest absolute Gasteiger partial charge is 0.433 e. The van der Waals surface area contributed by atoms with Crippen LogP contribution in [0.4, 0.5) is 0 Å². The van der Waals surface area contributed by atoms with Crippen LogP contribution in [-0.4, -0.2) is 34.8 Å². The van der Waals surface area contributed by atoms with E-state index in [0.29, 0.717) is 17.5 Å². The summed E-state index contributed by atoms with van der Waals surface area (Å²) in [7, 11) is 0. The van der Waals surface area contributed by atoms with E-state index in [2.05, 4.69) is 17.4 Å². The molecule has 29 heavy (non-hydrogen) atoms. The summed E-state index contributed by atoms with van der Waals surface area (Å²) in [4.78, 5) is 39.1. The molecule has 2 aliphatic rings. The number of aryl methyl sites for hydroxylation is 1. The van der Waals surface area contributed by atoms with E-state index in [0.717, 1.165) is 12.8 Å². The van der Waals surface area contributed by atoms with Crippen molar-refractivity contribution in [3.8, 4) is 0 Å². The maximum absolute atomic E-state index is 12.9. The number of ether oxygens (including phenoxy) is 1. The Kier molecular flexibility index (Phi) is 5.34. The standard InChI is InChI=1S/C23H24N2O4/c1-15(11-12-16-7-3-2-4-8-16)24-21(27)19-13-14-20(26)25(19)22-17-9-5-6-10-18(17)23(28)29-22/h2-10,15,19,22H,11-14H2,1H3,(H,24,27)/t15?,19-,22?/m0/s1. The summed E-state index contributed by atoms with van der Waals surface area (Å²) in [5.74, 6) is -0.825. The summed E-state index contributed by atoms with van der Waals surface area (Å²) in [5.41, 5.74) is 2.32. The summed E-state index contributed by atoms with van der Waals surface area (Å²) in [5, 5.41) is 3.03. The van der Waals surface area contributed by atoms with E-state index in [1.54, 1.807) is 24.3 Å². The maximum atomic E-state index is 12.9. The normalized spacial score (nSPS) is 21.6. The molecule has 6 nitrogen and oxygen atoms in total. The van der Waals surface area contributed by atoms with Crippen LogP contribution in [-0.2, 0) is 20.7 Å². The second-order valence-corrected chi connectivity index (χ2v) is 7.63. The number of carbonyl (C=O) groups is 3. The first-order valence-corrected chi connectivity index (χ1v) is 10.00. The Morgan fingerprint density at radius 1 is 1.14 bits per heavy atom. The van der Waals surface area contributed by atoms with Crippen LogP contribution in [0.2, 0.25) is 0 Å². The van der Waals surface area contributed by atoms with Crippen molar-refractivity contribution in [3.63, 3.8) is 0 Å². The number of amides is 2. The SMILES string of the molecule is CC(CCc1ccccc1)NC(=O)[C@@H]1CCC(=O)N1C1OC(=O)c2ccccc21. The van der Waals surface area contributed by atoms with Crippen molar-refractivity contribution in [2.24, 2.45) is 0 Å². The second kappa shape index (κ2) is 8.07. The Labute approximate surface area is 169 Å². The number of esters is 1. The minimum atomic E-state index is -0.830. The zero-order valence-electron chi connectivity index (χ0n) is 16.3. The van der Waals surface area contributed by atoms with Gasteiger partial charge in [-0.1, -0.05) is 48.5 Å². The van der Waals surface area contributed by atoms with Crippen LogP contribution in [0.1, 0.15) is 53.9 Å². The minimum Gasteiger partial charge on any atom is -0.433 e. The van der Waals surface area contributed by atoms with Gasteiger partial charge in [0.05, 0.1) is 5.56 Å². The first kappa shape index (κ1) is 19.2. The number of hydrogen-bond acceptors (Lipinski definition) is 4. The molecule has 6 heteroatoms. The highest BCUT2D eigenvalue weighted by Gasteiger charge is 2.46. The van der Waals surface area contributed by atoms with Crippen molar-refractivity contribution in [1.29, 1.82) is 0 Å². The molecule has 0 spiro atoms. The summed E-state index contributed by atoms with van der Waals surface area (Å²) in [6, 6.07) is 16.5.